The Hall–Kier alpha value is -2.45. The number of aryl methyl sites for hydroxylation is 1. The number of thiocarbonyl (C=S) groups is 1. The van der Waals surface area contributed by atoms with Gasteiger partial charge in [0.2, 0.25) is 0 Å². The van der Waals surface area contributed by atoms with Gasteiger partial charge in [0.1, 0.15) is 5.00 Å². The molecule has 2 aromatic rings. The number of hydrogen-bond donors (Lipinski definition) is 3. The van der Waals surface area contributed by atoms with Gasteiger partial charge >= 0.3 is 11.9 Å². The van der Waals surface area contributed by atoms with Gasteiger partial charge in [-0.1, -0.05) is 6.42 Å². The van der Waals surface area contributed by atoms with Crippen molar-refractivity contribution in [2.24, 2.45) is 0 Å². The average Bonchev–Trinajstić information content (AvgIpc) is 2.82. The van der Waals surface area contributed by atoms with Gasteiger partial charge in [0, 0.05) is 10.6 Å². The number of carbonyl (C=O) groups is 2. The Morgan fingerprint density at radius 3 is 2.48 bits per heavy atom. The van der Waals surface area contributed by atoms with E-state index in [2.05, 4.69) is 10.6 Å². The van der Waals surface area contributed by atoms with E-state index in [0.29, 0.717) is 21.4 Å². The smallest absolute Gasteiger partial charge is 0.341 e. The van der Waals surface area contributed by atoms with E-state index in [1.165, 1.54) is 24.1 Å². The molecule has 6 nitrogen and oxygen atoms in total. The van der Waals surface area contributed by atoms with Crippen molar-refractivity contribution in [1.82, 2.24) is 0 Å². The Bertz CT molecular complexity index is 875. The summed E-state index contributed by atoms with van der Waals surface area (Å²) in [6.07, 6.45) is 5.17. The van der Waals surface area contributed by atoms with Crippen molar-refractivity contribution in [2.75, 3.05) is 17.7 Å². The first-order valence-corrected chi connectivity index (χ1v) is 9.86. The molecule has 0 bridgehead atoms. The highest BCUT2D eigenvalue weighted by Gasteiger charge is 2.25. The van der Waals surface area contributed by atoms with Crippen LogP contribution in [0.5, 0.6) is 0 Å². The van der Waals surface area contributed by atoms with Crippen LogP contribution in [0.1, 0.15) is 50.4 Å². The molecule has 0 saturated heterocycles. The minimum absolute atomic E-state index is 0.203. The molecule has 1 aromatic carbocycles. The molecule has 1 heterocycles. The number of fused-ring (bicyclic) bond motifs is 1. The molecule has 8 heteroatoms. The van der Waals surface area contributed by atoms with Crippen LogP contribution in [0.3, 0.4) is 0 Å². The summed E-state index contributed by atoms with van der Waals surface area (Å²) in [7, 11) is 1.38. The number of carboxylic acid groups (broad SMARTS) is 1. The molecular weight excluding hydrogens is 384 g/mol. The number of hydrogen-bond acceptors (Lipinski definition) is 5. The lowest BCUT2D eigenvalue weighted by Gasteiger charge is -2.11. The molecule has 1 aliphatic rings. The number of rotatable bonds is 4. The molecule has 3 N–H and O–H groups in total. The van der Waals surface area contributed by atoms with Crippen LogP contribution in [0.15, 0.2) is 24.3 Å². The summed E-state index contributed by atoms with van der Waals surface area (Å²) in [6, 6.07) is 6.28. The van der Waals surface area contributed by atoms with E-state index in [-0.39, 0.29) is 11.5 Å². The zero-order chi connectivity index (χ0) is 19.4. The molecule has 1 aliphatic carbocycles. The van der Waals surface area contributed by atoms with Crippen LogP contribution < -0.4 is 10.6 Å². The van der Waals surface area contributed by atoms with Crippen molar-refractivity contribution >= 4 is 51.3 Å². The average molecular weight is 405 g/mol. The predicted molar refractivity (Wildman–Crippen MR) is 110 cm³/mol. The van der Waals surface area contributed by atoms with E-state index in [1.807, 2.05) is 0 Å². The third-order valence-electron chi connectivity index (χ3n) is 4.43. The Labute approximate surface area is 166 Å². The highest BCUT2D eigenvalue weighted by molar-refractivity contribution is 7.80. The van der Waals surface area contributed by atoms with Gasteiger partial charge < -0.3 is 20.5 Å². The largest absolute Gasteiger partial charge is 0.478 e. The van der Waals surface area contributed by atoms with Gasteiger partial charge in [-0.15, -0.1) is 11.3 Å². The number of carbonyl (C=O) groups excluding carboxylic acids is 1. The van der Waals surface area contributed by atoms with Crippen molar-refractivity contribution in [2.45, 2.75) is 32.1 Å². The standard InChI is InChI=1S/C19H20N2O4S2/c1-25-18(24)15-13-5-3-2-4-6-14(13)27-16(15)21-19(26)20-12-9-7-11(8-10-12)17(22)23/h7-10H,2-6H2,1H3,(H,22,23)(H2,20,21,26). The molecule has 1 aromatic heterocycles. The molecule has 0 amide bonds. The second-order valence-electron chi connectivity index (χ2n) is 6.22. The third-order valence-corrected chi connectivity index (χ3v) is 5.84. The zero-order valence-corrected chi connectivity index (χ0v) is 16.5. The van der Waals surface area contributed by atoms with Crippen LogP contribution in [0.2, 0.25) is 0 Å². The van der Waals surface area contributed by atoms with Gasteiger partial charge in [-0.3, -0.25) is 0 Å². The van der Waals surface area contributed by atoms with E-state index < -0.39 is 5.97 Å². The maximum absolute atomic E-state index is 12.3. The molecule has 0 radical (unpaired) electrons. The number of ether oxygens (including phenoxy) is 1. The summed E-state index contributed by atoms with van der Waals surface area (Å²) in [6.45, 7) is 0. The Balaban J connectivity index is 1.79. The van der Waals surface area contributed by atoms with E-state index in [9.17, 15) is 9.59 Å². The normalized spacial score (nSPS) is 13.2. The zero-order valence-electron chi connectivity index (χ0n) is 14.8. The third kappa shape index (κ3) is 4.45. The van der Waals surface area contributed by atoms with Crippen molar-refractivity contribution < 1.29 is 19.4 Å². The van der Waals surface area contributed by atoms with Gasteiger partial charge in [0.15, 0.2) is 5.11 Å². The number of methoxy groups -OCH3 is 1. The second-order valence-corrected chi connectivity index (χ2v) is 7.74. The number of carboxylic acids is 1. The van der Waals surface area contributed by atoms with E-state index in [4.69, 9.17) is 22.1 Å². The molecule has 0 fully saturated rings. The fourth-order valence-electron chi connectivity index (χ4n) is 3.11. The molecule has 0 aliphatic heterocycles. The first-order valence-electron chi connectivity index (χ1n) is 8.64. The highest BCUT2D eigenvalue weighted by atomic mass is 32.1. The van der Waals surface area contributed by atoms with Gasteiger partial charge in [-0.25, -0.2) is 9.59 Å². The minimum Gasteiger partial charge on any atom is -0.478 e. The number of esters is 1. The van der Waals surface area contributed by atoms with Crippen LogP contribution in [0, 0.1) is 0 Å². The van der Waals surface area contributed by atoms with Crippen molar-refractivity contribution in [3.63, 3.8) is 0 Å². The van der Waals surface area contributed by atoms with E-state index in [1.54, 1.807) is 23.5 Å². The lowest BCUT2D eigenvalue weighted by Crippen LogP contribution is -2.20. The Kier molecular flexibility index (Phi) is 6.08. The highest BCUT2D eigenvalue weighted by Crippen LogP contribution is 2.38. The predicted octanol–water partition coefficient (Wildman–Crippen LogP) is 4.31. The number of anilines is 2. The van der Waals surface area contributed by atoms with Gasteiger partial charge in [0.05, 0.1) is 18.2 Å². The monoisotopic (exact) mass is 404 g/mol. The molecule has 142 valence electrons. The quantitative estimate of drug-likeness (QED) is 0.397. The van der Waals surface area contributed by atoms with Crippen molar-refractivity contribution in [3.8, 4) is 0 Å². The fraction of sp³-hybridized carbons (Fsp3) is 0.316. The lowest BCUT2D eigenvalue weighted by molar-refractivity contribution is 0.0600. The van der Waals surface area contributed by atoms with E-state index in [0.717, 1.165) is 37.7 Å². The van der Waals surface area contributed by atoms with Crippen LogP contribution in [-0.2, 0) is 17.6 Å². The number of thiophene rings is 1. The van der Waals surface area contributed by atoms with Crippen LogP contribution in [0.4, 0.5) is 10.7 Å². The summed E-state index contributed by atoms with van der Waals surface area (Å²) < 4.78 is 4.99. The minimum atomic E-state index is -0.981. The van der Waals surface area contributed by atoms with Gasteiger partial charge in [-0.2, -0.15) is 0 Å². The maximum atomic E-state index is 12.3. The van der Waals surface area contributed by atoms with Gasteiger partial charge in [0.25, 0.3) is 0 Å². The first-order chi connectivity index (χ1) is 13.0. The molecule has 3 rings (SSSR count). The first kappa shape index (κ1) is 19.3. The maximum Gasteiger partial charge on any atom is 0.341 e. The molecule has 0 atom stereocenters. The SMILES string of the molecule is COC(=O)c1c(NC(=S)Nc2ccc(C(=O)O)cc2)sc2c1CCCCC2. The molecule has 0 spiro atoms. The molecular formula is C19H20N2O4S2. The summed E-state index contributed by atoms with van der Waals surface area (Å²) in [5.74, 6) is -1.34. The summed E-state index contributed by atoms with van der Waals surface area (Å²) in [5, 5.41) is 16.1. The van der Waals surface area contributed by atoms with Crippen LogP contribution in [-0.4, -0.2) is 29.3 Å². The topological polar surface area (TPSA) is 87.7 Å². The van der Waals surface area contributed by atoms with Crippen molar-refractivity contribution in [3.05, 3.63) is 45.8 Å². The van der Waals surface area contributed by atoms with Crippen LogP contribution >= 0.6 is 23.6 Å². The molecule has 0 saturated carbocycles. The fourth-order valence-corrected chi connectivity index (χ4v) is 4.68. The molecule has 0 unspecified atom stereocenters. The van der Waals surface area contributed by atoms with Crippen molar-refractivity contribution in [1.29, 1.82) is 0 Å². The van der Waals surface area contributed by atoms with Gasteiger partial charge in [-0.05, 0) is 67.7 Å². The summed E-state index contributed by atoms with van der Waals surface area (Å²) in [4.78, 5) is 24.5. The second kappa shape index (κ2) is 8.49. The number of aromatic carboxylic acids is 1. The number of nitrogens with one attached hydrogen (secondary N) is 2. The number of benzene rings is 1. The van der Waals surface area contributed by atoms with Crippen LogP contribution in [0.25, 0.3) is 0 Å². The summed E-state index contributed by atoms with van der Waals surface area (Å²) >= 11 is 6.92. The Morgan fingerprint density at radius 1 is 1.11 bits per heavy atom. The van der Waals surface area contributed by atoms with E-state index >= 15 is 0 Å². The lowest BCUT2D eigenvalue weighted by atomic mass is 10.1. The Morgan fingerprint density at radius 2 is 1.81 bits per heavy atom. The summed E-state index contributed by atoms with van der Waals surface area (Å²) in [5.41, 5.74) is 2.51. The molecule has 27 heavy (non-hydrogen) atoms.